The van der Waals surface area contributed by atoms with Crippen LogP contribution < -0.4 is 0 Å². The molecule has 0 radical (unpaired) electrons. The number of hydrogen-bond donors (Lipinski definition) is 0. The smallest absolute Gasteiger partial charge is 0.164 e. The second-order valence-corrected chi connectivity index (χ2v) is 18.6. The quantitative estimate of drug-likeness (QED) is 0.160. The van der Waals surface area contributed by atoms with Crippen molar-refractivity contribution >= 4 is 75.1 Å². The van der Waals surface area contributed by atoms with Gasteiger partial charge in [0.25, 0.3) is 0 Å². The Bertz CT molecular complexity index is 4280. The van der Waals surface area contributed by atoms with Crippen LogP contribution in [0.15, 0.2) is 237 Å². The molecule has 14 rings (SSSR count). The summed E-state index contributed by atoms with van der Waals surface area (Å²) >= 11 is 1.81. The summed E-state index contributed by atoms with van der Waals surface area (Å²) < 4.78 is 7.31. The summed E-state index contributed by atoms with van der Waals surface area (Å²) in [6.45, 7) is 0. The zero-order valence-corrected chi connectivity index (χ0v) is 38.0. The van der Waals surface area contributed by atoms with Gasteiger partial charge in [0.1, 0.15) is 0 Å². The molecule has 0 saturated carbocycles. The van der Waals surface area contributed by atoms with E-state index >= 15 is 0 Å². The van der Waals surface area contributed by atoms with Crippen molar-refractivity contribution in [2.75, 3.05) is 0 Å². The van der Waals surface area contributed by atoms with Crippen LogP contribution in [0, 0.1) is 0 Å². The minimum atomic E-state index is 0.617. The van der Waals surface area contributed by atoms with Crippen LogP contribution in [0.4, 0.5) is 0 Å². The highest BCUT2D eigenvalue weighted by Gasteiger charge is 2.22. The molecule has 0 aliphatic heterocycles. The molecule has 0 N–H and O–H groups in total. The molecule has 0 fully saturated rings. The lowest BCUT2D eigenvalue weighted by molar-refractivity contribution is 1.07. The van der Waals surface area contributed by atoms with Crippen LogP contribution in [-0.4, -0.2) is 24.1 Å². The zero-order chi connectivity index (χ0) is 45.4. The number of para-hydroxylation sites is 3. The Kier molecular flexibility index (Phi) is 9.00. The van der Waals surface area contributed by atoms with Crippen molar-refractivity contribution in [1.29, 1.82) is 0 Å². The first-order valence-electron chi connectivity index (χ1n) is 23.3. The first-order chi connectivity index (χ1) is 34.2. The summed E-state index contributed by atoms with van der Waals surface area (Å²) in [4.78, 5) is 15.7. The Morgan fingerprint density at radius 2 is 0.812 bits per heavy atom. The Hall–Kier alpha value is -8.97. The van der Waals surface area contributed by atoms with Gasteiger partial charge in [0.2, 0.25) is 0 Å². The molecule has 0 amide bonds. The Morgan fingerprint density at radius 3 is 1.52 bits per heavy atom. The average Bonchev–Trinajstić information content (AvgIpc) is 4.09. The summed E-state index contributed by atoms with van der Waals surface area (Å²) in [5, 5.41) is 7.24. The van der Waals surface area contributed by atoms with Crippen LogP contribution in [0.1, 0.15) is 0 Å². The number of fused-ring (bicyclic) bond motifs is 9. The van der Waals surface area contributed by atoms with Gasteiger partial charge in [-0.05, 0) is 70.8 Å². The summed E-state index contributed by atoms with van der Waals surface area (Å²) in [5.74, 6) is 1.88. The van der Waals surface area contributed by atoms with Gasteiger partial charge in [0, 0.05) is 64.1 Å². The second kappa shape index (κ2) is 15.8. The van der Waals surface area contributed by atoms with Crippen LogP contribution in [0.2, 0.25) is 0 Å². The standard InChI is InChI=1S/C63H39N5S/c1-4-16-40(17-5-1)41-30-34-46(35-31-41)67-53-26-12-11-23-49(53)51-25-14-28-55(60(51)67)68-54-27-13-10-22-48(54)50-36-32-44(38-56(50)68)62-64-61(43-20-8-3-9-21-43)65-63(66-62)45-33-37-52-58(39-45)69-57-29-15-24-47(59(52)57)42-18-6-2-7-19-42/h1-39H. The van der Waals surface area contributed by atoms with Crippen molar-refractivity contribution in [3.63, 3.8) is 0 Å². The van der Waals surface area contributed by atoms with Gasteiger partial charge in [0.05, 0.1) is 27.8 Å². The molecule has 0 unspecified atom stereocenters. The molecule has 4 heterocycles. The number of rotatable bonds is 7. The van der Waals surface area contributed by atoms with E-state index in [-0.39, 0.29) is 0 Å². The van der Waals surface area contributed by atoms with Gasteiger partial charge in [-0.25, -0.2) is 15.0 Å². The predicted octanol–water partition coefficient (Wildman–Crippen LogP) is 16.8. The van der Waals surface area contributed by atoms with Gasteiger partial charge in [0.15, 0.2) is 17.5 Å². The lowest BCUT2D eigenvalue weighted by Gasteiger charge is -2.15. The molecule has 69 heavy (non-hydrogen) atoms. The van der Waals surface area contributed by atoms with Gasteiger partial charge in [-0.1, -0.05) is 188 Å². The van der Waals surface area contributed by atoms with Crippen LogP contribution in [-0.2, 0) is 0 Å². The van der Waals surface area contributed by atoms with Gasteiger partial charge >= 0.3 is 0 Å². The topological polar surface area (TPSA) is 48.5 Å². The summed E-state index contributed by atoms with van der Waals surface area (Å²) in [7, 11) is 0. The fraction of sp³-hybridized carbons (Fsp3) is 0. The van der Waals surface area contributed by atoms with Crippen molar-refractivity contribution in [2.24, 2.45) is 0 Å². The molecule has 0 bridgehead atoms. The van der Waals surface area contributed by atoms with Crippen molar-refractivity contribution in [3.8, 4) is 67.8 Å². The van der Waals surface area contributed by atoms with Crippen LogP contribution in [0.25, 0.3) is 132 Å². The van der Waals surface area contributed by atoms with Gasteiger partial charge < -0.3 is 9.13 Å². The molecule has 14 aromatic rings. The van der Waals surface area contributed by atoms with E-state index in [1.54, 1.807) is 0 Å². The number of thiophene rings is 1. The lowest BCUT2D eigenvalue weighted by atomic mass is 9.99. The molecule has 0 spiro atoms. The molecule has 6 heteroatoms. The van der Waals surface area contributed by atoms with Crippen molar-refractivity contribution in [3.05, 3.63) is 237 Å². The maximum absolute atomic E-state index is 5.32. The van der Waals surface area contributed by atoms with Gasteiger partial charge in [-0.3, -0.25) is 0 Å². The van der Waals surface area contributed by atoms with Gasteiger partial charge in [-0.15, -0.1) is 11.3 Å². The molecular weight excluding hydrogens is 859 g/mol. The van der Waals surface area contributed by atoms with E-state index in [2.05, 4.69) is 228 Å². The highest BCUT2D eigenvalue weighted by molar-refractivity contribution is 7.26. The van der Waals surface area contributed by atoms with E-state index in [4.69, 9.17) is 15.0 Å². The third kappa shape index (κ3) is 6.41. The fourth-order valence-electron chi connectivity index (χ4n) is 10.4. The Labute approximate surface area is 401 Å². The third-order valence-electron chi connectivity index (χ3n) is 13.6. The number of benzene rings is 10. The molecular formula is C63H39N5S. The number of nitrogens with zero attached hydrogens (tertiary/aromatic N) is 5. The first-order valence-corrected chi connectivity index (χ1v) is 24.1. The molecule has 4 aromatic heterocycles. The molecule has 10 aromatic carbocycles. The molecule has 0 atom stereocenters. The molecule has 322 valence electrons. The van der Waals surface area contributed by atoms with E-state index in [0.717, 1.165) is 55.5 Å². The van der Waals surface area contributed by atoms with E-state index in [9.17, 15) is 0 Å². The monoisotopic (exact) mass is 897 g/mol. The molecule has 0 aliphatic rings. The fourth-order valence-corrected chi connectivity index (χ4v) is 11.6. The maximum atomic E-state index is 5.32. The molecule has 0 aliphatic carbocycles. The van der Waals surface area contributed by atoms with Crippen LogP contribution in [0.5, 0.6) is 0 Å². The molecule has 5 nitrogen and oxygen atoms in total. The molecule has 0 saturated heterocycles. The Morgan fingerprint density at radius 1 is 0.304 bits per heavy atom. The Balaban J connectivity index is 0.965. The number of aromatic nitrogens is 5. The van der Waals surface area contributed by atoms with E-state index in [1.165, 1.54) is 58.6 Å². The maximum Gasteiger partial charge on any atom is 0.164 e. The van der Waals surface area contributed by atoms with Crippen molar-refractivity contribution < 1.29 is 0 Å². The first kappa shape index (κ1) is 39.2. The third-order valence-corrected chi connectivity index (χ3v) is 14.7. The van der Waals surface area contributed by atoms with E-state index in [0.29, 0.717) is 17.5 Å². The van der Waals surface area contributed by atoms with Crippen molar-refractivity contribution in [2.45, 2.75) is 0 Å². The summed E-state index contributed by atoms with van der Waals surface area (Å²) in [6.07, 6.45) is 0. The van der Waals surface area contributed by atoms with Crippen molar-refractivity contribution in [1.82, 2.24) is 24.1 Å². The SMILES string of the molecule is c1ccc(-c2ccc(-n3c4ccccc4c4cccc(-n5c6ccccc6c6ccc(-c7nc(-c8ccccc8)nc(-c8ccc9c(c8)sc8cccc(-c%10ccccc%10)c89)n7)cc65)c43)cc2)cc1. The minimum absolute atomic E-state index is 0.617. The predicted molar refractivity (Wildman–Crippen MR) is 289 cm³/mol. The normalized spacial score (nSPS) is 11.8. The van der Waals surface area contributed by atoms with Crippen LogP contribution >= 0.6 is 11.3 Å². The second-order valence-electron chi connectivity index (χ2n) is 17.6. The van der Waals surface area contributed by atoms with Gasteiger partial charge in [-0.2, -0.15) is 0 Å². The number of hydrogen-bond acceptors (Lipinski definition) is 4. The average molecular weight is 898 g/mol. The minimum Gasteiger partial charge on any atom is -0.307 e. The zero-order valence-electron chi connectivity index (χ0n) is 37.2. The van der Waals surface area contributed by atoms with E-state index < -0.39 is 0 Å². The lowest BCUT2D eigenvalue weighted by Crippen LogP contribution is -2.02. The largest absolute Gasteiger partial charge is 0.307 e. The van der Waals surface area contributed by atoms with Crippen LogP contribution in [0.3, 0.4) is 0 Å². The summed E-state index contributed by atoms with van der Waals surface area (Å²) in [5.41, 5.74) is 14.3. The van der Waals surface area contributed by atoms with E-state index in [1.807, 2.05) is 29.5 Å². The summed E-state index contributed by atoms with van der Waals surface area (Å²) in [6, 6.07) is 84.5. The highest BCUT2D eigenvalue weighted by Crippen LogP contribution is 2.43. The highest BCUT2D eigenvalue weighted by atomic mass is 32.1.